The van der Waals surface area contributed by atoms with Crippen molar-refractivity contribution in [2.75, 3.05) is 51.9 Å². The summed E-state index contributed by atoms with van der Waals surface area (Å²) in [4.78, 5) is 103. The number of non-ortho nitro benzene ring substituents is 1. The fourth-order valence-corrected chi connectivity index (χ4v) is 15.6. The van der Waals surface area contributed by atoms with Crippen LogP contribution in [-0.4, -0.2) is 116 Å². The van der Waals surface area contributed by atoms with E-state index in [1.165, 1.54) is 38.1 Å². The van der Waals surface area contributed by atoms with Crippen LogP contribution in [0.1, 0.15) is 141 Å². The maximum atomic E-state index is 13.8. The smallest absolute Gasteiger partial charge is 0.328 e. The molecule has 1 unspecified atom stereocenters. The summed E-state index contributed by atoms with van der Waals surface area (Å²) in [6.07, 6.45) is 13.7. The maximum absolute atomic E-state index is 13.8. The second-order valence-electron chi connectivity index (χ2n) is 26.5. The molecule has 7 N–H and O–H groups in total. The number of hydrogen-bond donors (Lipinski definition) is 6. The molecule has 0 spiro atoms. The molecule has 4 atom stereocenters. The van der Waals surface area contributed by atoms with Crippen LogP contribution in [0.2, 0.25) is 0 Å². The van der Waals surface area contributed by atoms with Crippen LogP contribution in [0.4, 0.5) is 17.1 Å². The lowest BCUT2D eigenvalue weighted by molar-refractivity contribution is -0.384. The molecule has 4 aliphatic rings. The largest absolute Gasteiger partial charge is 0.508 e. The predicted octanol–water partition coefficient (Wildman–Crippen LogP) is 12.3. The number of nitro benzene ring substituents is 1. The summed E-state index contributed by atoms with van der Waals surface area (Å²) in [5, 5.41) is 39.1. The van der Waals surface area contributed by atoms with E-state index in [1.54, 1.807) is 86.9 Å². The third-order valence-corrected chi connectivity index (χ3v) is 21.5. The van der Waals surface area contributed by atoms with E-state index in [-0.39, 0.29) is 53.3 Å². The minimum Gasteiger partial charge on any atom is -0.508 e. The van der Waals surface area contributed by atoms with Crippen molar-refractivity contribution in [1.29, 1.82) is 0 Å². The van der Waals surface area contributed by atoms with Crippen LogP contribution in [0.5, 0.6) is 23.0 Å². The van der Waals surface area contributed by atoms with Gasteiger partial charge in [0.2, 0.25) is 23.6 Å². The monoisotopic (exact) mass is 1420 g/mol. The Morgan fingerprint density at radius 1 is 0.505 bits per heavy atom. The quantitative estimate of drug-likeness (QED) is 0.0142. The fraction of sp³-hybridized carbons (Fsp3) is 0.388. The normalized spacial score (nSPS) is 17.3. The number of nitro groups is 1. The molecule has 4 fully saturated rings. The lowest BCUT2D eigenvalue weighted by atomic mass is 9.68. The van der Waals surface area contributed by atoms with E-state index in [4.69, 9.17) is 29.4 Å². The molecule has 22 nitrogen and oxygen atoms in total. The minimum absolute atomic E-state index is 0.0205. The Morgan fingerprint density at radius 2 is 0.845 bits per heavy atom. The van der Waals surface area contributed by atoms with Crippen molar-refractivity contribution < 1.29 is 72.4 Å². The molecule has 4 amide bonds. The van der Waals surface area contributed by atoms with Crippen molar-refractivity contribution in [2.45, 2.75) is 155 Å². The van der Waals surface area contributed by atoms with Crippen LogP contribution in [-0.2, 0) is 78.5 Å². The number of methoxy groups -OCH3 is 5. The van der Waals surface area contributed by atoms with E-state index in [0.29, 0.717) is 66.3 Å². The van der Waals surface area contributed by atoms with Crippen LogP contribution >= 0.6 is 11.8 Å². The first-order valence-electron chi connectivity index (χ1n) is 34.8. The summed E-state index contributed by atoms with van der Waals surface area (Å²) < 4.78 is 25.7. The lowest BCUT2D eigenvalue weighted by Crippen LogP contribution is -2.52. The van der Waals surface area contributed by atoms with Crippen molar-refractivity contribution >= 4 is 70.4 Å². The predicted molar refractivity (Wildman–Crippen MR) is 393 cm³/mol. The van der Waals surface area contributed by atoms with Gasteiger partial charge in [-0.05, 0) is 150 Å². The highest BCUT2D eigenvalue weighted by atomic mass is 32.2. The number of carboxylic acids is 1. The van der Waals surface area contributed by atoms with E-state index in [2.05, 4.69) is 16.0 Å². The topological polar surface area (TPSA) is 315 Å². The third-order valence-electron chi connectivity index (χ3n) is 20.2. The number of benzene rings is 7. The van der Waals surface area contributed by atoms with Crippen molar-refractivity contribution in [3.63, 3.8) is 0 Å². The number of nitrogens with one attached hydrogen (secondary N) is 3. The Kier molecular flexibility index (Phi) is 26.8. The number of phenolic OH excluding ortho intramolecular Hbond substituents is 1. The van der Waals surface area contributed by atoms with E-state index < -0.39 is 57.2 Å². The highest BCUT2D eigenvalue weighted by molar-refractivity contribution is 8.00. The number of phenols is 1. The number of carboxylic acid groups (broad SMARTS) is 1. The highest BCUT2D eigenvalue weighted by Gasteiger charge is 2.46. The Hall–Kier alpha value is -10.4. The SMILES string of the molecule is COC(=O)[C@H](Cc1ccc(N)cc1)NC(=O)C1(c2ccc(OC)cc2)CCCCC1.COC(=O)[C@H](Cc1ccc([N+](=O)[O-])cc1)NC(=O)C1(c2ccc(OC)cc2)CCCCC1.COc1ccc(C2(C(=O)N[C@@H](Cc3ccc(N4C(=O)CSC4c4ccc(O)cc4)cc3)C(=O)O)CCCCC2)cc1. The second kappa shape index (κ2) is 35.9. The molecule has 0 bridgehead atoms. The highest BCUT2D eigenvalue weighted by Crippen LogP contribution is 2.45. The molecule has 0 aromatic heterocycles. The van der Waals surface area contributed by atoms with Gasteiger partial charge in [-0.1, -0.05) is 143 Å². The molecular formula is C80H92N6O16S. The zero-order valence-electron chi connectivity index (χ0n) is 58.9. The molecule has 11 rings (SSSR count). The fourth-order valence-electron chi connectivity index (χ4n) is 14.4. The number of rotatable bonds is 24. The number of nitrogen functional groups attached to an aromatic ring is 1. The molecule has 7 aromatic rings. The van der Waals surface area contributed by atoms with Crippen molar-refractivity contribution in [3.05, 3.63) is 219 Å². The van der Waals surface area contributed by atoms with Gasteiger partial charge in [-0.2, -0.15) is 0 Å². The Bertz CT molecular complexity index is 4010. The first kappa shape index (κ1) is 76.8. The average molecular weight is 1430 g/mol. The molecular weight excluding hydrogens is 1330 g/mol. The standard InChI is InChI=1S/C32H34N2O6S.C24H28N2O6.C24H30N2O4/c1-40-26-15-9-23(10-16-26)32(17-3-2-4-18-32)31(39)33-27(30(37)38)19-21-5-11-24(12-6-21)34-28(36)20-41-29(34)22-7-13-25(35)14-8-22;1-31-20-12-8-18(9-13-20)24(14-4-3-5-15-24)23(28)25-21(22(27)32-2)16-17-6-10-19(11-7-17)26(29)30;1-29-20-12-8-18(9-13-20)24(14-4-3-5-15-24)23(28)26-21(22(27)30-2)16-17-6-10-19(25)11-7-17/h5-16,27,29,35H,2-4,17-20H2,1H3,(H,33,39)(H,37,38);6-13,21H,3-5,14-16H2,1-2H3,(H,25,28);6-13,21H,3-5,14-16,25H2,1-2H3,(H,26,28)/t27-,29?;2*21-/m000/s1. The van der Waals surface area contributed by atoms with Gasteiger partial charge >= 0.3 is 17.9 Å². The second-order valence-corrected chi connectivity index (χ2v) is 27.6. The number of nitrogens with two attached hydrogens (primary N) is 1. The third kappa shape index (κ3) is 19.0. The van der Waals surface area contributed by atoms with Crippen molar-refractivity contribution in [2.24, 2.45) is 0 Å². The lowest BCUT2D eigenvalue weighted by Gasteiger charge is -2.37. The number of thioether (sulfide) groups is 1. The number of carbonyl (C=O) groups is 7. The first-order chi connectivity index (χ1) is 49.7. The molecule has 544 valence electrons. The number of carbonyl (C=O) groups excluding carboxylic acids is 6. The van der Waals surface area contributed by atoms with E-state index in [0.717, 1.165) is 110 Å². The van der Waals surface area contributed by atoms with Crippen LogP contribution in [0.15, 0.2) is 170 Å². The number of amides is 4. The van der Waals surface area contributed by atoms with Gasteiger partial charge in [0, 0.05) is 42.8 Å². The summed E-state index contributed by atoms with van der Waals surface area (Å²) in [5.74, 6) is -0.0517. The number of anilines is 2. The van der Waals surface area contributed by atoms with Gasteiger partial charge in [0.1, 0.15) is 46.5 Å². The van der Waals surface area contributed by atoms with Crippen LogP contribution in [0, 0.1) is 10.1 Å². The molecule has 23 heteroatoms. The molecule has 1 saturated heterocycles. The Balaban J connectivity index is 0.000000182. The first-order valence-corrected chi connectivity index (χ1v) is 35.9. The van der Waals surface area contributed by atoms with Gasteiger partial charge in [0.25, 0.3) is 5.69 Å². The van der Waals surface area contributed by atoms with Gasteiger partial charge in [0.05, 0.1) is 62.5 Å². The van der Waals surface area contributed by atoms with Gasteiger partial charge < -0.3 is 55.6 Å². The molecule has 7 aromatic carbocycles. The summed E-state index contributed by atoms with van der Waals surface area (Å²) in [6.45, 7) is 0. The van der Waals surface area contributed by atoms with Gasteiger partial charge in [0.15, 0.2) is 0 Å². The number of aliphatic carboxylic acids is 1. The molecule has 1 heterocycles. The Morgan fingerprint density at radius 3 is 1.18 bits per heavy atom. The van der Waals surface area contributed by atoms with Crippen LogP contribution in [0.3, 0.4) is 0 Å². The van der Waals surface area contributed by atoms with E-state index in [9.17, 15) is 53.9 Å². The minimum atomic E-state index is -1.10. The number of esters is 2. The maximum Gasteiger partial charge on any atom is 0.328 e. The Labute approximate surface area is 604 Å². The summed E-state index contributed by atoms with van der Waals surface area (Å²) in [5.41, 5.74) is 10.9. The van der Waals surface area contributed by atoms with Crippen molar-refractivity contribution in [1.82, 2.24) is 16.0 Å². The zero-order valence-corrected chi connectivity index (χ0v) is 59.7. The van der Waals surface area contributed by atoms with Crippen LogP contribution < -0.4 is 40.8 Å². The van der Waals surface area contributed by atoms with Gasteiger partial charge in [-0.15, -0.1) is 11.8 Å². The van der Waals surface area contributed by atoms with Crippen molar-refractivity contribution in [3.8, 4) is 23.0 Å². The summed E-state index contributed by atoms with van der Waals surface area (Å²) >= 11 is 1.51. The molecule has 0 radical (unpaired) electrons. The van der Waals surface area contributed by atoms with E-state index in [1.807, 2.05) is 97.1 Å². The summed E-state index contributed by atoms with van der Waals surface area (Å²) in [7, 11) is 7.42. The van der Waals surface area contributed by atoms with Gasteiger partial charge in [-0.3, -0.25) is 34.2 Å². The summed E-state index contributed by atoms with van der Waals surface area (Å²) in [6, 6.07) is 47.2. The molecule has 103 heavy (non-hydrogen) atoms. The van der Waals surface area contributed by atoms with E-state index >= 15 is 0 Å². The molecule has 3 aliphatic carbocycles. The molecule has 3 saturated carbocycles. The number of aromatic hydroxyl groups is 1. The number of ether oxygens (including phenoxy) is 5. The number of nitrogens with zero attached hydrogens (tertiary/aromatic N) is 2. The molecule has 1 aliphatic heterocycles. The zero-order chi connectivity index (χ0) is 73.7. The van der Waals surface area contributed by atoms with Crippen LogP contribution in [0.25, 0.3) is 0 Å². The number of hydrogen-bond acceptors (Lipinski definition) is 17. The van der Waals surface area contributed by atoms with Gasteiger partial charge in [-0.25, -0.2) is 14.4 Å². The average Bonchev–Trinajstić information content (AvgIpc) is 1.41.